The first-order valence-corrected chi connectivity index (χ1v) is 8.95. The third-order valence-corrected chi connectivity index (χ3v) is 6.72. The number of H-pyrrole nitrogens is 1. The summed E-state index contributed by atoms with van der Waals surface area (Å²) in [5.41, 5.74) is 0.749. The van der Waals surface area contributed by atoms with Gasteiger partial charge in [0.25, 0.3) is 0 Å². The van der Waals surface area contributed by atoms with Crippen LogP contribution in [0.1, 0.15) is 18.9 Å². The maximum absolute atomic E-state index is 12.0. The van der Waals surface area contributed by atoms with E-state index in [1.807, 2.05) is 6.92 Å². The fraction of sp³-hybridized carbons (Fsp3) is 0.667. The summed E-state index contributed by atoms with van der Waals surface area (Å²) in [5, 5.41) is 5.45. The Hall–Kier alpha value is -1.09. The lowest BCUT2D eigenvalue weighted by Crippen LogP contribution is -2.29. The predicted octanol–water partition coefficient (Wildman–Crippen LogP) is -0.0991. The lowest BCUT2D eigenvalue weighted by molar-refractivity contribution is 0.587. The Morgan fingerprint density at radius 2 is 2.28 bits per heavy atom. The van der Waals surface area contributed by atoms with Crippen LogP contribution in [0.2, 0.25) is 0 Å². The summed E-state index contributed by atoms with van der Waals surface area (Å²) in [4.78, 5) is 0. The van der Waals surface area contributed by atoms with Crippen LogP contribution in [-0.4, -0.2) is 43.8 Å². The first kappa shape index (κ1) is 13.3. The lowest BCUT2D eigenvalue weighted by Gasteiger charge is -2.11. The van der Waals surface area contributed by atoms with Crippen LogP contribution in [0, 0.1) is 0 Å². The smallest absolute Gasteiger partial charge is 0.237 e. The monoisotopic (exact) mass is 293 g/mol. The Bertz CT molecular complexity index is 633. The number of rotatable bonds is 4. The van der Waals surface area contributed by atoms with Crippen LogP contribution in [0.5, 0.6) is 0 Å². The number of anilines is 1. The molecule has 1 saturated heterocycles. The number of hydrogen-bond donors (Lipinski definition) is 2. The van der Waals surface area contributed by atoms with E-state index in [0.29, 0.717) is 12.2 Å². The van der Waals surface area contributed by atoms with Gasteiger partial charge >= 0.3 is 0 Å². The number of aryl methyl sites for hydroxylation is 1. The normalized spacial score (nSPS) is 23.1. The lowest BCUT2D eigenvalue weighted by atomic mass is 10.3. The highest BCUT2D eigenvalue weighted by Crippen LogP contribution is 2.22. The van der Waals surface area contributed by atoms with Gasteiger partial charge in [-0.3, -0.25) is 9.82 Å². The molecule has 0 saturated carbocycles. The molecule has 1 unspecified atom stereocenters. The van der Waals surface area contributed by atoms with Crippen LogP contribution in [0.4, 0.5) is 5.82 Å². The van der Waals surface area contributed by atoms with Gasteiger partial charge in [0, 0.05) is 5.56 Å². The molecule has 0 bridgehead atoms. The summed E-state index contributed by atoms with van der Waals surface area (Å²) in [6.07, 6.45) is 2.33. The molecule has 18 heavy (non-hydrogen) atoms. The number of hydrogen-bond acceptors (Lipinski definition) is 5. The first-order chi connectivity index (χ1) is 8.34. The van der Waals surface area contributed by atoms with Gasteiger partial charge in [0.05, 0.1) is 23.0 Å². The molecular formula is C9H15N3O4S2. The van der Waals surface area contributed by atoms with E-state index < -0.39 is 25.1 Å². The van der Waals surface area contributed by atoms with E-state index in [-0.39, 0.29) is 17.9 Å². The molecule has 1 aromatic heterocycles. The summed E-state index contributed by atoms with van der Waals surface area (Å²) < 4.78 is 49.1. The van der Waals surface area contributed by atoms with Crippen LogP contribution in [-0.2, 0) is 26.3 Å². The fourth-order valence-corrected chi connectivity index (χ4v) is 5.99. The molecule has 0 spiro atoms. The molecule has 9 heteroatoms. The first-order valence-electron chi connectivity index (χ1n) is 5.58. The number of aromatic amines is 1. The van der Waals surface area contributed by atoms with Crippen LogP contribution in [0.25, 0.3) is 0 Å². The molecule has 1 aliphatic rings. The molecule has 7 nitrogen and oxygen atoms in total. The fourth-order valence-electron chi connectivity index (χ4n) is 1.90. The van der Waals surface area contributed by atoms with Crippen LogP contribution >= 0.6 is 0 Å². The third-order valence-electron chi connectivity index (χ3n) is 2.97. The number of sulfonamides is 1. The van der Waals surface area contributed by atoms with Crippen molar-refractivity contribution in [2.75, 3.05) is 16.2 Å². The average molecular weight is 293 g/mol. The minimum absolute atomic E-state index is 0.0673. The Kier molecular flexibility index (Phi) is 3.37. The summed E-state index contributed by atoms with van der Waals surface area (Å²) >= 11 is 0. The van der Waals surface area contributed by atoms with Crippen molar-refractivity contribution >= 4 is 25.7 Å². The van der Waals surface area contributed by atoms with E-state index in [2.05, 4.69) is 14.9 Å². The standard InChI is InChI=1S/C9H15N3O4S2/c1-2-7-5-10-11-9(7)12-18(15,16)8-3-4-17(13,14)6-8/h5,8H,2-4,6H2,1H3,(H2,10,11,12). The van der Waals surface area contributed by atoms with Gasteiger partial charge in [0.15, 0.2) is 9.84 Å². The maximum atomic E-state index is 12.0. The molecule has 1 aromatic rings. The maximum Gasteiger partial charge on any atom is 0.237 e. The average Bonchev–Trinajstić information content (AvgIpc) is 2.84. The van der Waals surface area contributed by atoms with Crippen molar-refractivity contribution in [3.8, 4) is 0 Å². The van der Waals surface area contributed by atoms with Gasteiger partial charge in [-0.05, 0) is 12.8 Å². The van der Waals surface area contributed by atoms with Crippen molar-refractivity contribution in [1.29, 1.82) is 0 Å². The molecule has 102 valence electrons. The molecule has 1 atom stereocenters. The van der Waals surface area contributed by atoms with Gasteiger partial charge in [-0.25, -0.2) is 16.8 Å². The van der Waals surface area contributed by atoms with Gasteiger partial charge in [0.2, 0.25) is 10.0 Å². The zero-order valence-electron chi connectivity index (χ0n) is 9.88. The minimum Gasteiger partial charge on any atom is -0.267 e. The predicted molar refractivity (Wildman–Crippen MR) is 67.6 cm³/mol. The zero-order valence-corrected chi connectivity index (χ0v) is 11.5. The van der Waals surface area contributed by atoms with E-state index in [1.165, 1.54) is 0 Å². The Labute approximate surface area is 106 Å². The molecule has 2 rings (SSSR count). The summed E-state index contributed by atoms with van der Waals surface area (Å²) in [6.45, 7) is 1.88. The number of nitrogens with one attached hydrogen (secondary N) is 2. The topological polar surface area (TPSA) is 109 Å². The van der Waals surface area contributed by atoms with Gasteiger partial charge in [-0.1, -0.05) is 6.92 Å². The number of nitrogens with zero attached hydrogens (tertiary/aromatic N) is 1. The van der Waals surface area contributed by atoms with Gasteiger partial charge in [0.1, 0.15) is 5.82 Å². The van der Waals surface area contributed by atoms with E-state index in [4.69, 9.17) is 0 Å². The second kappa shape index (κ2) is 4.54. The molecule has 2 N–H and O–H groups in total. The van der Waals surface area contributed by atoms with Crippen LogP contribution < -0.4 is 4.72 Å². The van der Waals surface area contributed by atoms with E-state index in [9.17, 15) is 16.8 Å². The Morgan fingerprint density at radius 3 is 2.83 bits per heavy atom. The molecular weight excluding hydrogens is 278 g/mol. The quantitative estimate of drug-likeness (QED) is 0.805. The summed E-state index contributed by atoms with van der Waals surface area (Å²) in [7, 11) is -6.91. The van der Waals surface area contributed by atoms with Crippen molar-refractivity contribution in [1.82, 2.24) is 10.2 Å². The van der Waals surface area contributed by atoms with Crippen molar-refractivity contribution in [3.05, 3.63) is 11.8 Å². The molecule has 0 aromatic carbocycles. The van der Waals surface area contributed by atoms with E-state index >= 15 is 0 Å². The minimum atomic E-state index is -3.69. The van der Waals surface area contributed by atoms with Crippen LogP contribution in [0.15, 0.2) is 6.20 Å². The highest BCUT2D eigenvalue weighted by Gasteiger charge is 2.37. The number of sulfone groups is 1. The molecule has 1 fully saturated rings. The van der Waals surface area contributed by atoms with Crippen molar-refractivity contribution in [3.63, 3.8) is 0 Å². The third kappa shape index (κ3) is 2.66. The summed E-state index contributed by atoms with van der Waals surface area (Å²) in [6, 6.07) is 0. The van der Waals surface area contributed by atoms with E-state index in [0.717, 1.165) is 5.56 Å². The van der Waals surface area contributed by atoms with Gasteiger partial charge in [-0.2, -0.15) is 5.10 Å². The van der Waals surface area contributed by atoms with Crippen molar-refractivity contribution in [2.45, 2.75) is 25.0 Å². The second-order valence-electron chi connectivity index (χ2n) is 4.30. The summed E-state index contributed by atoms with van der Waals surface area (Å²) in [5.74, 6) is -0.0538. The molecule has 0 aliphatic carbocycles. The highest BCUT2D eigenvalue weighted by molar-refractivity contribution is 7.97. The van der Waals surface area contributed by atoms with Gasteiger partial charge < -0.3 is 0 Å². The van der Waals surface area contributed by atoms with Crippen molar-refractivity contribution < 1.29 is 16.8 Å². The largest absolute Gasteiger partial charge is 0.267 e. The van der Waals surface area contributed by atoms with Crippen LogP contribution in [0.3, 0.4) is 0 Å². The molecule has 2 heterocycles. The Balaban J connectivity index is 2.18. The van der Waals surface area contributed by atoms with Crippen molar-refractivity contribution in [2.24, 2.45) is 0 Å². The molecule has 0 amide bonds. The van der Waals surface area contributed by atoms with E-state index in [1.54, 1.807) is 6.20 Å². The highest BCUT2D eigenvalue weighted by atomic mass is 32.2. The number of aromatic nitrogens is 2. The van der Waals surface area contributed by atoms with Gasteiger partial charge in [-0.15, -0.1) is 0 Å². The zero-order chi connectivity index (χ0) is 13.4. The molecule has 1 aliphatic heterocycles. The molecule has 0 radical (unpaired) electrons. The second-order valence-corrected chi connectivity index (χ2v) is 8.49. The Morgan fingerprint density at radius 1 is 1.56 bits per heavy atom. The SMILES string of the molecule is CCc1cn[nH]c1NS(=O)(=O)C1CCS(=O)(=O)C1.